The minimum Gasteiger partial charge on any atom is -0.380 e. The topological polar surface area (TPSA) is 58.2 Å². The molecule has 0 amide bonds. The fourth-order valence-electron chi connectivity index (χ4n) is 1.81. The van der Waals surface area contributed by atoms with E-state index in [4.69, 9.17) is 4.74 Å². The van der Waals surface area contributed by atoms with Gasteiger partial charge in [0, 0.05) is 20.2 Å². The van der Waals surface area contributed by atoms with E-state index in [1.807, 2.05) is 22.6 Å². The van der Waals surface area contributed by atoms with Crippen molar-refractivity contribution in [3.63, 3.8) is 0 Å². The van der Waals surface area contributed by atoms with Crippen LogP contribution in [0.5, 0.6) is 0 Å². The van der Waals surface area contributed by atoms with Gasteiger partial charge in [0.25, 0.3) is 5.56 Å². The van der Waals surface area contributed by atoms with E-state index in [0.29, 0.717) is 10.2 Å². The van der Waals surface area contributed by atoms with Gasteiger partial charge in [0.1, 0.15) is 9.39 Å². The first kappa shape index (κ1) is 12.6. The Morgan fingerprint density at radius 1 is 1.65 bits per heavy atom. The number of methoxy groups -OCH3 is 1. The maximum Gasteiger partial charge on any atom is 0.266 e. The van der Waals surface area contributed by atoms with Gasteiger partial charge in [0.05, 0.1) is 12.9 Å². The number of anilines is 1. The SMILES string of the molecule is COCC1=CCN(c2nc[nH]c(=O)c2I)CC1. The highest BCUT2D eigenvalue weighted by Crippen LogP contribution is 2.20. The molecule has 1 aromatic rings. The molecule has 1 aliphatic heterocycles. The highest BCUT2D eigenvalue weighted by Gasteiger charge is 2.16. The summed E-state index contributed by atoms with van der Waals surface area (Å²) in [7, 11) is 1.70. The molecule has 0 radical (unpaired) electrons. The first-order chi connectivity index (χ1) is 8.22. The van der Waals surface area contributed by atoms with E-state index in [1.165, 1.54) is 11.9 Å². The van der Waals surface area contributed by atoms with Gasteiger partial charge in [-0.1, -0.05) is 6.08 Å². The van der Waals surface area contributed by atoms with Crippen molar-refractivity contribution >= 4 is 28.4 Å². The molecule has 0 spiro atoms. The molecule has 0 aliphatic carbocycles. The summed E-state index contributed by atoms with van der Waals surface area (Å²) >= 11 is 2.04. The van der Waals surface area contributed by atoms with E-state index < -0.39 is 0 Å². The Labute approximate surface area is 113 Å². The standard InChI is InChI=1S/C11H14IN3O2/c1-17-6-8-2-4-15(5-3-8)10-9(12)11(16)14-7-13-10/h2,7H,3-6H2,1H3,(H,13,14,16). The summed E-state index contributed by atoms with van der Waals surface area (Å²) in [6, 6.07) is 0. The van der Waals surface area contributed by atoms with Crippen LogP contribution < -0.4 is 10.5 Å². The average Bonchev–Trinajstić information content (AvgIpc) is 2.34. The minimum absolute atomic E-state index is 0.0812. The molecule has 2 rings (SSSR count). The molecule has 5 nitrogen and oxygen atoms in total. The van der Waals surface area contributed by atoms with Crippen molar-refractivity contribution in [2.75, 3.05) is 31.7 Å². The van der Waals surface area contributed by atoms with Crippen LogP contribution in [0.1, 0.15) is 6.42 Å². The van der Waals surface area contributed by atoms with Crippen LogP contribution >= 0.6 is 22.6 Å². The van der Waals surface area contributed by atoms with Crippen LogP contribution in [-0.4, -0.2) is 36.8 Å². The molecular weight excluding hydrogens is 333 g/mol. The van der Waals surface area contributed by atoms with Crippen LogP contribution in [0.25, 0.3) is 0 Å². The van der Waals surface area contributed by atoms with Gasteiger partial charge in [-0.05, 0) is 34.6 Å². The minimum atomic E-state index is -0.0812. The van der Waals surface area contributed by atoms with Crippen molar-refractivity contribution in [1.82, 2.24) is 9.97 Å². The second kappa shape index (κ2) is 5.63. The molecule has 0 aromatic carbocycles. The summed E-state index contributed by atoms with van der Waals surface area (Å²) in [5.41, 5.74) is 1.23. The van der Waals surface area contributed by atoms with Crippen molar-refractivity contribution in [3.8, 4) is 0 Å². The lowest BCUT2D eigenvalue weighted by molar-refractivity contribution is 0.222. The smallest absolute Gasteiger partial charge is 0.266 e. The molecule has 1 N–H and O–H groups in total. The molecule has 1 aromatic heterocycles. The molecular formula is C11H14IN3O2. The van der Waals surface area contributed by atoms with Crippen molar-refractivity contribution in [3.05, 3.63) is 31.9 Å². The maximum absolute atomic E-state index is 11.5. The first-order valence-electron chi connectivity index (χ1n) is 5.37. The molecule has 6 heteroatoms. The van der Waals surface area contributed by atoms with Gasteiger partial charge >= 0.3 is 0 Å². The molecule has 1 aliphatic rings. The Bertz CT molecular complexity index is 484. The number of nitrogens with one attached hydrogen (secondary N) is 1. The van der Waals surface area contributed by atoms with Gasteiger partial charge in [0.15, 0.2) is 0 Å². The molecule has 0 bridgehead atoms. The predicted molar refractivity (Wildman–Crippen MR) is 74.4 cm³/mol. The lowest BCUT2D eigenvalue weighted by Crippen LogP contribution is -2.32. The molecule has 2 heterocycles. The van der Waals surface area contributed by atoms with Crippen LogP contribution in [-0.2, 0) is 4.74 Å². The van der Waals surface area contributed by atoms with Crippen molar-refractivity contribution in [2.24, 2.45) is 0 Å². The summed E-state index contributed by atoms with van der Waals surface area (Å²) in [4.78, 5) is 20.4. The number of rotatable bonds is 3. The molecule has 0 saturated heterocycles. The zero-order valence-corrected chi connectivity index (χ0v) is 11.7. The van der Waals surface area contributed by atoms with E-state index in [0.717, 1.165) is 25.3 Å². The van der Waals surface area contributed by atoms with E-state index in [1.54, 1.807) is 7.11 Å². The third-order valence-electron chi connectivity index (χ3n) is 2.71. The number of halogens is 1. The number of aromatic nitrogens is 2. The van der Waals surface area contributed by atoms with E-state index in [2.05, 4.69) is 20.9 Å². The summed E-state index contributed by atoms with van der Waals surface area (Å²) in [5, 5.41) is 0. The van der Waals surface area contributed by atoms with Crippen LogP contribution in [0.3, 0.4) is 0 Å². The Hall–Kier alpha value is -0.890. The molecule has 0 fully saturated rings. The normalized spacial score (nSPS) is 15.9. The summed E-state index contributed by atoms with van der Waals surface area (Å²) in [6.45, 7) is 2.35. The predicted octanol–water partition coefficient (Wildman–Crippen LogP) is 1.16. The Balaban J connectivity index is 2.16. The second-order valence-electron chi connectivity index (χ2n) is 3.86. The monoisotopic (exact) mass is 347 g/mol. The quantitative estimate of drug-likeness (QED) is 0.659. The van der Waals surface area contributed by atoms with Crippen molar-refractivity contribution in [2.45, 2.75) is 6.42 Å². The molecule has 0 saturated carbocycles. The van der Waals surface area contributed by atoms with Crippen LogP contribution in [0.15, 0.2) is 22.8 Å². The van der Waals surface area contributed by atoms with Gasteiger partial charge in [-0.2, -0.15) is 0 Å². The zero-order chi connectivity index (χ0) is 12.3. The Morgan fingerprint density at radius 3 is 3.12 bits per heavy atom. The lowest BCUT2D eigenvalue weighted by Gasteiger charge is -2.27. The molecule has 92 valence electrons. The average molecular weight is 347 g/mol. The number of hydrogen-bond acceptors (Lipinski definition) is 4. The van der Waals surface area contributed by atoms with Gasteiger partial charge in [0.2, 0.25) is 0 Å². The van der Waals surface area contributed by atoms with E-state index in [9.17, 15) is 4.79 Å². The van der Waals surface area contributed by atoms with Gasteiger partial charge in [-0.3, -0.25) is 4.79 Å². The molecule has 0 atom stereocenters. The molecule has 0 unspecified atom stereocenters. The largest absolute Gasteiger partial charge is 0.380 e. The highest BCUT2D eigenvalue weighted by molar-refractivity contribution is 14.1. The van der Waals surface area contributed by atoms with Gasteiger partial charge < -0.3 is 14.6 Å². The fourth-order valence-corrected chi connectivity index (χ4v) is 2.45. The summed E-state index contributed by atoms with van der Waals surface area (Å²) in [6.07, 6.45) is 4.55. The van der Waals surface area contributed by atoms with Crippen molar-refractivity contribution in [1.29, 1.82) is 0 Å². The number of aromatic amines is 1. The summed E-state index contributed by atoms with van der Waals surface area (Å²) < 4.78 is 5.75. The zero-order valence-electron chi connectivity index (χ0n) is 9.57. The lowest BCUT2D eigenvalue weighted by atomic mass is 10.1. The van der Waals surface area contributed by atoms with Crippen molar-refractivity contribution < 1.29 is 4.74 Å². The third kappa shape index (κ3) is 2.86. The fraction of sp³-hybridized carbons (Fsp3) is 0.455. The number of hydrogen-bond donors (Lipinski definition) is 1. The van der Waals surface area contributed by atoms with E-state index in [-0.39, 0.29) is 5.56 Å². The van der Waals surface area contributed by atoms with E-state index >= 15 is 0 Å². The third-order valence-corrected chi connectivity index (χ3v) is 3.68. The van der Waals surface area contributed by atoms with Gasteiger partial charge in [-0.15, -0.1) is 0 Å². The van der Waals surface area contributed by atoms with Crippen LogP contribution in [0.4, 0.5) is 5.82 Å². The highest BCUT2D eigenvalue weighted by atomic mass is 127. The second-order valence-corrected chi connectivity index (χ2v) is 4.94. The maximum atomic E-state index is 11.5. The first-order valence-corrected chi connectivity index (χ1v) is 6.45. The number of nitrogens with zero attached hydrogens (tertiary/aromatic N) is 2. The summed E-state index contributed by atoms with van der Waals surface area (Å²) in [5.74, 6) is 0.766. The van der Waals surface area contributed by atoms with Crippen LogP contribution in [0.2, 0.25) is 0 Å². The van der Waals surface area contributed by atoms with Gasteiger partial charge in [-0.25, -0.2) is 4.98 Å². The number of ether oxygens (including phenoxy) is 1. The van der Waals surface area contributed by atoms with Crippen LogP contribution in [0, 0.1) is 3.57 Å². The molecule has 17 heavy (non-hydrogen) atoms. The Morgan fingerprint density at radius 2 is 2.47 bits per heavy atom. The Kier molecular flexibility index (Phi) is 4.16. The number of H-pyrrole nitrogens is 1.